The highest BCUT2D eigenvalue weighted by Crippen LogP contribution is 2.22. The van der Waals surface area contributed by atoms with Crippen molar-refractivity contribution < 1.29 is 21.7 Å². The molecule has 0 fully saturated rings. The van der Waals surface area contributed by atoms with E-state index >= 15 is 0 Å². The second-order valence-electron chi connectivity index (χ2n) is 4.61. The first kappa shape index (κ1) is 14.5. The summed E-state index contributed by atoms with van der Waals surface area (Å²) < 4.78 is 57.6. The Hall–Kier alpha value is -2.48. The molecule has 0 bridgehead atoms. The van der Waals surface area contributed by atoms with Crippen molar-refractivity contribution in [1.82, 2.24) is 5.16 Å². The molecular formula is C14H10F2N2O3S. The number of hydrogen-bond acceptors (Lipinski definition) is 4. The summed E-state index contributed by atoms with van der Waals surface area (Å²) in [5, 5.41) is 4.27. The van der Waals surface area contributed by atoms with E-state index in [1.807, 2.05) is 0 Å². The summed E-state index contributed by atoms with van der Waals surface area (Å²) in [5.74, 6) is -2.27. The average molecular weight is 324 g/mol. The van der Waals surface area contributed by atoms with Crippen LogP contribution in [0.4, 0.5) is 14.5 Å². The maximum Gasteiger partial charge on any atom is 0.238 e. The molecule has 0 saturated carbocycles. The zero-order chi connectivity index (χ0) is 15.7. The minimum atomic E-state index is -3.92. The van der Waals surface area contributed by atoms with Gasteiger partial charge in [0.25, 0.3) is 0 Å². The number of fused-ring (bicyclic) bond motifs is 1. The summed E-state index contributed by atoms with van der Waals surface area (Å²) >= 11 is 0. The van der Waals surface area contributed by atoms with Crippen molar-refractivity contribution in [2.45, 2.75) is 5.75 Å². The molecule has 8 heteroatoms. The Balaban J connectivity index is 1.87. The number of nitrogens with zero attached hydrogens (tertiary/aromatic N) is 1. The number of para-hydroxylation sites is 1. The third-order valence-corrected chi connectivity index (χ3v) is 4.16. The second kappa shape index (κ2) is 5.38. The van der Waals surface area contributed by atoms with Crippen LogP contribution >= 0.6 is 0 Å². The van der Waals surface area contributed by atoms with Crippen LogP contribution in [-0.4, -0.2) is 13.6 Å². The van der Waals surface area contributed by atoms with Crippen molar-refractivity contribution in [2.24, 2.45) is 0 Å². The van der Waals surface area contributed by atoms with Gasteiger partial charge in [-0.05, 0) is 24.3 Å². The van der Waals surface area contributed by atoms with E-state index in [0.29, 0.717) is 17.0 Å². The summed E-state index contributed by atoms with van der Waals surface area (Å²) in [6, 6.07) is 9.38. The second-order valence-corrected chi connectivity index (χ2v) is 6.33. The van der Waals surface area contributed by atoms with Crippen LogP contribution in [0.15, 0.2) is 47.0 Å². The Kier molecular flexibility index (Phi) is 3.53. The minimum Gasteiger partial charge on any atom is -0.356 e. The van der Waals surface area contributed by atoms with Crippen molar-refractivity contribution in [2.75, 3.05) is 4.72 Å². The lowest BCUT2D eigenvalue weighted by atomic mass is 10.2. The van der Waals surface area contributed by atoms with E-state index in [2.05, 4.69) is 9.88 Å². The van der Waals surface area contributed by atoms with E-state index in [1.165, 1.54) is 0 Å². The topological polar surface area (TPSA) is 72.2 Å². The molecule has 3 aromatic rings. The van der Waals surface area contributed by atoms with E-state index in [-0.39, 0.29) is 11.4 Å². The molecule has 0 radical (unpaired) electrons. The summed E-state index contributed by atoms with van der Waals surface area (Å²) in [5.41, 5.74) is 0.348. The third kappa shape index (κ3) is 2.91. The Bertz CT molecular complexity index is 938. The van der Waals surface area contributed by atoms with Gasteiger partial charge in [0.15, 0.2) is 5.58 Å². The van der Waals surface area contributed by atoms with Crippen LogP contribution in [0.25, 0.3) is 11.0 Å². The molecule has 114 valence electrons. The van der Waals surface area contributed by atoms with Crippen molar-refractivity contribution in [1.29, 1.82) is 0 Å². The molecule has 5 nitrogen and oxygen atoms in total. The molecule has 0 unspecified atom stereocenters. The van der Waals surface area contributed by atoms with E-state index in [4.69, 9.17) is 4.52 Å². The Morgan fingerprint density at radius 2 is 1.91 bits per heavy atom. The molecule has 1 heterocycles. The van der Waals surface area contributed by atoms with Crippen LogP contribution in [-0.2, 0) is 15.8 Å². The van der Waals surface area contributed by atoms with Gasteiger partial charge in [-0.1, -0.05) is 17.3 Å². The van der Waals surface area contributed by atoms with Crippen molar-refractivity contribution in [3.8, 4) is 0 Å². The smallest absolute Gasteiger partial charge is 0.238 e. The molecule has 0 saturated heterocycles. The van der Waals surface area contributed by atoms with E-state index in [0.717, 1.165) is 12.1 Å². The molecule has 0 aliphatic heterocycles. The fourth-order valence-electron chi connectivity index (χ4n) is 2.00. The van der Waals surface area contributed by atoms with Gasteiger partial charge in [0.2, 0.25) is 10.0 Å². The van der Waals surface area contributed by atoms with E-state index in [9.17, 15) is 17.2 Å². The highest BCUT2D eigenvalue weighted by atomic mass is 32.2. The molecular weight excluding hydrogens is 314 g/mol. The van der Waals surface area contributed by atoms with Crippen LogP contribution in [0, 0.1) is 11.6 Å². The summed E-state index contributed by atoms with van der Waals surface area (Å²) in [6.07, 6.45) is 0. The zero-order valence-corrected chi connectivity index (χ0v) is 11.9. The monoisotopic (exact) mass is 324 g/mol. The molecule has 2 aromatic carbocycles. The Labute approximate surface area is 124 Å². The van der Waals surface area contributed by atoms with Crippen LogP contribution < -0.4 is 4.72 Å². The van der Waals surface area contributed by atoms with Crippen molar-refractivity contribution in [3.05, 3.63) is 59.8 Å². The molecule has 1 N–H and O–H groups in total. The molecule has 1 aromatic heterocycles. The molecule has 0 aliphatic rings. The lowest BCUT2D eigenvalue weighted by Crippen LogP contribution is -2.16. The van der Waals surface area contributed by atoms with Crippen LogP contribution in [0.5, 0.6) is 0 Å². The Morgan fingerprint density at radius 3 is 2.68 bits per heavy atom. The predicted octanol–water partition coefficient (Wildman–Crippen LogP) is 3.05. The first-order valence-corrected chi connectivity index (χ1v) is 7.89. The van der Waals surface area contributed by atoms with Crippen LogP contribution in [0.3, 0.4) is 0 Å². The minimum absolute atomic E-state index is 0.214. The predicted molar refractivity (Wildman–Crippen MR) is 76.6 cm³/mol. The van der Waals surface area contributed by atoms with Gasteiger partial charge in [-0.15, -0.1) is 0 Å². The molecule has 0 atom stereocenters. The fourth-order valence-corrected chi connectivity index (χ4v) is 3.14. The SMILES string of the molecule is O=S(=O)(Cc1noc2ccccc12)Nc1ccc(F)cc1F. The standard InChI is InChI=1S/C14H10F2N2O3S/c15-9-5-6-12(11(16)7-9)18-22(19,20)8-13-10-3-1-2-4-14(10)21-17-13/h1-7,18H,8H2. The first-order valence-electron chi connectivity index (χ1n) is 6.23. The van der Waals surface area contributed by atoms with E-state index in [1.54, 1.807) is 24.3 Å². The molecule has 0 spiro atoms. The number of aromatic nitrogens is 1. The number of anilines is 1. The number of halogens is 2. The number of sulfonamides is 1. The van der Waals surface area contributed by atoms with Gasteiger partial charge in [-0.2, -0.15) is 0 Å². The summed E-state index contributed by atoms with van der Waals surface area (Å²) in [6.45, 7) is 0. The number of rotatable bonds is 4. The van der Waals surface area contributed by atoms with Crippen molar-refractivity contribution in [3.63, 3.8) is 0 Å². The van der Waals surface area contributed by atoms with Gasteiger partial charge in [0.05, 0.1) is 5.69 Å². The lowest BCUT2D eigenvalue weighted by Gasteiger charge is -2.07. The average Bonchev–Trinajstić information content (AvgIpc) is 2.85. The number of benzene rings is 2. The maximum absolute atomic E-state index is 13.5. The fraction of sp³-hybridized carbons (Fsp3) is 0.0714. The van der Waals surface area contributed by atoms with Gasteiger partial charge in [-0.25, -0.2) is 17.2 Å². The van der Waals surface area contributed by atoms with Crippen LogP contribution in [0.2, 0.25) is 0 Å². The van der Waals surface area contributed by atoms with Crippen molar-refractivity contribution >= 4 is 26.7 Å². The highest BCUT2D eigenvalue weighted by Gasteiger charge is 2.19. The molecule has 22 heavy (non-hydrogen) atoms. The maximum atomic E-state index is 13.5. The molecule has 0 aliphatic carbocycles. The van der Waals surface area contributed by atoms with Gasteiger partial charge in [-0.3, -0.25) is 4.72 Å². The number of hydrogen-bond donors (Lipinski definition) is 1. The lowest BCUT2D eigenvalue weighted by molar-refractivity contribution is 0.448. The summed E-state index contributed by atoms with van der Waals surface area (Å²) in [7, 11) is -3.92. The van der Waals surface area contributed by atoms with E-state index < -0.39 is 27.4 Å². The number of nitrogens with one attached hydrogen (secondary N) is 1. The van der Waals surface area contributed by atoms with Gasteiger partial charge in [0.1, 0.15) is 23.1 Å². The first-order chi connectivity index (χ1) is 10.4. The normalized spacial score (nSPS) is 11.7. The molecule has 0 amide bonds. The van der Waals surface area contributed by atoms with Gasteiger partial charge in [0, 0.05) is 11.5 Å². The van der Waals surface area contributed by atoms with Gasteiger partial charge < -0.3 is 4.52 Å². The van der Waals surface area contributed by atoms with Gasteiger partial charge >= 0.3 is 0 Å². The third-order valence-electron chi connectivity index (χ3n) is 2.98. The Morgan fingerprint density at radius 1 is 1.14 bits per heavy atom. The summed E-state index contributed by atoms with van der Waals surface area (Å²) in [4.78, 5) is 0. The molecule has 3 rings (SSSR count). The largest absolute Gasteiger partial charge is 0.356 e. The highest BCUT2D eigenvalue weighted by molar-refractivity contribution is 7.91. The zero-order valence-electron chi connectivity index (χ0n) is 11.1. The van der Waals surface area contributed by atoms with Crippen LogP contribution in [0.1, 0.15) is 5.69 Å². The quantitative estimate of drug-likeness (QED) is 0.800.